The van der Waals surface area contributed by atoms with Gasteiger partial charge in [-0.05, 0) is 30.2 Å². The number of ether oxygens (including phenoxy) is 1. The highest BCUT2D eigenvalue weighted by Gasteiger charge is 2.09. The first-order chi connectivity index (χ1) is 9.10. The van der Waals surface area contributed by atoms with Crippen LogP contribution in [0.1, 0.15) is 11.1 Å². The average Bonchev–Trinajstić information content (AvgIpc) is 2.38. The van der Waals surface area contributed by atoms with Gasteiger partial charge in [0.05, 0.1) is 13.5 Å². The molecule has 0 saturated heterocycles. The van der Waals surface area contributed by atoms with Crippen molar-refractivity contribution < 1.29 is 14.6 Å². The largest absolute Gasteiger partial charge is 0.496 e. The van der Waals surface area contributed by atoms with Crippen LogP contribution in [0.2, 0.25) is 0 Å². The van der Waals surface area contributed by atoms with Gasteiger partial charge in [0, 0.05) is 5.56 Å². The fraction of sp³-hybridized carbons (Fsp3) is 0.188. The highest BCUT2D eigenvalue weighted by Crippen LogP contribution is 2.31. The maximum atomic E-state index is 10.8. The van der Waals surface area contributed by atoms with Crippen LogP contribution in [-0.4, -0.2) is 18.2 Å². The van der Waals surface area contributed by atoms with E-state index >= 15 is 0 Å². The smallest absolute Gasteiger partial charge is 0.307 e. The normalized spacial score (nSPS) is 10.2. The molecule has 0 radical (unpaired) electrons. The predicted molar refractivity (Wildman–Crippen MR) is 74.5 cm³/mol. The molecule has 2 rings (SSSR count). The van der Waals surface area contributed by atoms with Gasteiger partial charge in [-0.25, -0.2) is 0 Å². The Kier molecular flexibility index (Phi) is 3.85. The molecule has 0 bridgehead atoms. The number of carboxylic acids is 1. The van der Waals surface area contributed by atoms with Crippen molar-refractivity contribution >= 4 is 5.97 Å². The molecule has 0 aliphatic rings. The monoisotopic (exact) mass is 256 g/mol. The standard InChI is InChI=1S/C16H16O3/c1-11-4-3-5-13(8-11)14-9-12(10-16(17)18)6-7-15(14)19-2/h3-9H,10H2,1-2H3,(H,17,18). The first-order valence-corrected chi connectivity index (χ1v) is 6.06. The molecular formula is C16H16O3. The first-order valence-electron chi connectivity index (χ1n) is 6.06. The third-order valence-electron chi connectivity index (χ3n) is 2.95. The van der Waals surface area contributed by atoms with Gasteiger partial charge in [-0.2, -0.15) is 0 Å². The molecule has 0 aliphatic heterocycles. The van der Waals surface area contributed by atoms with Gasteiger partial charge in [0.1, 0.15) is 5.75 Å². The third kappa shape index (κ3) is 3.13. The van der Waals surface area contributed by atoms with Crippen LogP contribution in [0.3, 0.4) is 0 Å². The summed E-state index contributed by atoms with van der Waals surface area (Å²) in [5.41, 5.74) is 3.88. The second-order valence-corrected chi connectivity index (χ2v) is 4.47. The van der Waals surface area contributed by atoms with E-state index in [1.165, 1.54) is 0 Å². The lowest BCUT2D eigenvalue weighted by molar-refractivity contribution is -0.136. The minimum absolute atomic E-state index is 0.0167. The number of hydrogen-bond acceptors (Lipinski definition) is 2. The number of hydrogen-bond donors (Lipinski definition) is 1. The predicted octanol–water partition coefficient (Wildman–Crippen LogP) is 3.30. The summed E-state index contributed by atoms with van der Waals surface area (Å²) in [6.45, 7) is 2.02. The maximum absolute atomic E-state index is 10.8. The molecule has 0 amide bonds. The number of carboxylic acid groups (broad SMARTS) is 1. The van der Waals surface area contributed by atoms with Crippen molar-refractivity contribution in [2.45, 2.75) is 13.3 Å². The van der Waals surface area contributed by atoms with Crippen molar-refractivity contribution in [3.63, 3.8) is 0 Å². The molecule has 1 N–H and O–H groups in total. The molecule has 0 saturated carbocycles. The lowest BCUT2D eigenvalue weighted by Gasteiger charge is -2.11. The van der Waals surface area contributed by atoms with Crippen LogP contribution in [0.25, 0.3) is 11.1 Å². The Balaban J connectivity index is 2.49. The number of rotatable bonds is 4. The molecule has 0 spiro atoms. The van der Waals surface area contributed by atoms with Gasteiger partial charge in [-0.15, -0.1) is 0 Å². The van der Waals surface area contributed by atoms with Crippen molar-refractivity contribution in [2.75, 3.05) is 7.11 Å². The number of aliphatic carboxylic acids is 1. The average molecular weight is 256 g/mol. The molecule has 2 aromatic carbocycles. The van der Waals surface area contributed by atoms with Crippen LogP contribution in [0.5, 0.6) is 5.75 Å². The quantitative estimate of drug-likeness (QED) is 0.913. The minimum Gasteiger partial charge on any atom is -0.496 e. The molecule has 2 aromatic rings. The van der Waals surface area contributed by atoms with Gasteiger partial charge < -0.3 is 9.84 Å². The van der Waals surface area contributed by atoms with Crippen molar-refractivity contribution in [2.24, 2.45) is 0 Å². The molecule has 0 aliphatic carbocycles. The van der Waals surface area contributed by atoms with Crippen LogP contribution in [0.15, 0.2) is 42.5 Å². The van der Waals surface area contributed by atoms with Gasteiger partial charge >= 0.3 is 5.97 Å². The summed E-state index contributed by atoms with van der Waals surface area (Å²) in [6, 6.07) is 13.5. The molecule has 0 atom stereocenters. The summed E-state index contributed by atoms with van der Waals surface area (Å²) in [5, 5.41) is 8.87. The summed E-state index contributed by atoms with van der Waals surface area (Å²) < 4.78 is 5.35. The molecule has 0 unspecified atom stereocenters. The summed E-state index contributed by atoms with van der Waals surface area (Å²) >= 11 is 0. The Morgan fingerprint density at radius 3 is 2.63 bits per heavy atom. The Hall–Kier alpha value is -2.29. The van der Waals surface area contributed by atoms with Crippen LogP contribution >= 0.6 is 0 Å². The second-order valence-electron chi connectivity index (χ2n) is 4.47. The Labute approximate surface area is 112 Å². The topological polar surface area (TPSA) is 46.5 Å². The number of aryl methyl sites for hydroxylation is 1. The molecule has 19 heavy (non-hydrogen) atoms. The van der Waals surface area contributed by atoms with Gasteiger partial charge in [0.2, 0.25) is 0 Å². The summed E-state index contributed by atoms with van der Waals surface area (Å²) in [6.07, 6.45) is 0.0167. The summed E-state index contributed by atoms with van der Waals surface area (Å²) in [7, 11) is 1.62. The van der Waals surface area contributed by atoms with E-state index in [1.807, 2.05) is 37.3 Å². The number of methoxy groups -OCH3 is 1. The lowest BCUT2D eigenvalue weighted by Crippen LogP contribution is -2.00. The first kappa shape index (κ1) is 13.1. The van der Waals surface area contributed by atoms with E-state index in [-0.39, 0.29) is 6.42 Å². The van der Waals surface area contributed by atoms with Gasteiger partial charge in [0.25, 0.3) is 0 Å². The zero-order valence-corrected chi connectivity index (χ0v) is 11.0. The Bertz CT molecular complexity index is 603. The van der Waals surface area contributed by atoms with Crippen LogP contribution in [0, 0.1) is 6.92 Å². The molecule has 3 nitrogen and oxygen atoms in total. The molecular weight excluding hydrogens is 240 g/mol. The summed E-state index contributed by atoms with van der Waals surface area (Å²) in [5.74, 6) is -0.0832. The SMILES string of the molecule is COc1ccc(CC(=O)O)cc1-c1cccc(C)c1. The fourth-order valence-corrected chi connectivity index (χ4v) is 2.08. The lowest BCUT2D eigenvalue weighted by atomic mass is 9.99. The van der Waals surface area contributed by atoms with E-state index in [1.54, 1.807) is 13.2 Å². The van der Waals surface area contributed by atoms with E-state index < -0.39 is 5.97 Å². The van der Waals surface area contributed by atoms with Crippen molar-refractivity contribution in [3.8, 4) is 16.9 Å². The van der Waals surface area contributed by atoms with Crippen LogP contribution in [-0.2, 0) is 11.2 Å². The van der Waals surface area contributed by atoms with E-state index in [4.69, 9.17) is 9.84 Å². The van der Waals surface area contributed by atoms with E-state index in [9.17, 15) is 4.79 Å². The molecule has 0 fully saturated rings. The van der Waals surface area contributed by atoms with Crippen LogP contribution < -0.4 is 4.74 Å². The van der Waals surface area contributed by atoms with Gasteiger partial charge in [-0.3, -0.25) is 4.79 Å². The van der Waals surface area contributed by atoms with E-state index in [0.29, 0.717) is 0 Å². The zero-order chi connectivity index (χ0) is 13.8. The van der Waals surface area contributed by atoms with Crippen molar-refractivity contribution in [1.29, 1.82) is 0 Å². The molecule has 3 heteroatoms. The Morgan fingerprint density at radius 1 is 1.21 bits per heavy atom. The zero-order valence-electron chi connectivity index (χ0n) is 11.0. The van der Waals surface area contributed by atoms with E-state index in [0.717, 1.165) is 28.0 Å². The van der Waals surface area contributed by atoms with Gasteiger partial charge in [0.15, 0.2) is 0 Å². The highest BCUT2D eigenvalue weighted by molar-refractivity contribution is 5.75. The number of carbonyl (C=O) groups is 1. The highest BCUT2D eigenvalue weighted by atomic mass is 16.5. The van der Waals surface area contributed by atoms with Gasteiger partial charge in [-0.1, -0.05) is 35.9 Å². The van der Waals surface area contributed by atoms with Crippen molar-refractivity contribution in [1.82, 2.24) is 0 Å². The second kappa shape index (κ2) is 5.57. The third-order valence-corrected chi connectivity index (χ3v) is 2.95. The Morgan fingerprint density at radius 2 is 2.00 bits per heavy atom. The number of benzene rings is 2. The maximum Gasteiger partial charge on any atom is 0.307 e. The van der Waals surface area contributed by atoms with Crippen molar-refractivity contribution in [3.05, 3.63) is 53.6 Å². The summed E-state index contributed by atoms with van der Waals surface area (Å²) in [4.78, 5) is 10.8. The molecule has 0 heterocycles. The van der Waals surface area contributed by atoms with E-state index in [2.05, 4.69) is 6.07 Å². The minimum atomic E-state index is -0.833. The van der Waals surface area contributed by atoms with Crippen LogP contribution in [0.4, 0.5) is 0 Å². The molecule has 0 aromatic heterocycles. The fourth-order valence-electron chi connectivity index (χ4n) is 2.08. The molecule has 98 valence electrons.